The summed E-state index contributed by atoms with van der Waals surface area (Å²) in [6, 6.07) is 12.1. The van der Waals surface area contributed by atoms with Gasteiger partial charge in [0, 0.05) is 16.3 Å². The van der Waals surface area contributed by atoms with Gasteiger partial charge in [-0.1, -0.05) is 36.4 Å². The molecule has 0 radical (unpaired) electrons. The largest absolute Gasteiger partial charge is 0.416 e. The van der Waals surface area contributed by atoms with E-state index in [9.17, 15) is 13.2 Å². The molecule has 0 aliphatic heterocycles. The number of aromatic nitrogens is 2. The van der Waals surface area contributed by atoms with Gasteiger partial charge < -0.3 is 5.73 Å². The number of anilines is 1. The molecule has 0 spiro atoms. The van der Waals surface area contributed by atoms with Crippen molar-refractivity contribution < 1.29 is 13.2 Å². The van der Waals surface area contributed by atoms with Crippen LogP contribution >= 0.6 is 0 Å². The van der Waals surface area contributed by atoms with Crippen LogP contribution in [0.2, 0.25) is 0 Å². The lowest BCUT2D eigenvalue weighted by Gasteiger charge is -2.10. The molecule has 0 fully saturated rings. The number of hydrogen-bond donors (Lipinski definition) is 1. The van der Waals surface area contributed by atoms with E-state index in [0.29, 0.717) is 22.0 Å². The van der Waals surface area contributed by atoms with Gasteiger partial charge in [0.2, 0.25) is 0 Å². The van der Waals surface area contributed by atoms with Gasteiger partial charge in [0.1, 0.15) is 5.69 Å². The number of nitrogens with two attached hydrogens (primary N) is 1. The van der Waals surface area contributed by atoms with Crippen LogP contribution in [0.25, 0.3) is 22.0 Å². The Morgan fingerprint density at radius 1 is 0.857 bits per heavy atom. The Bertz CT molecular complexity index is 813. The van der Waals surface area contributed by atoms with Crippen molar-refractivity contribution in [3.05, 3.63) is 54.1 Å². The van der Waals surface area contributed by atoms with Crippen molar-refractivity contribution in [3.63, 3.8) is 0 Å². The number of nitrogens with zero attached hydrogens (tertiary/aromatic N) is 2. The molecular weight excluding hydrogens is 279 g/mol. The summed E-state index contributed by atoms with van der Waals surface area (Å²) in [5.41, 5.74) is 5.76. The van der Waals surface area contributed by atoms with Crippen molar-refractivity contribution in [3.8, 4) is 11.3 Å². The summed E-state index contributed by atoms with van der Waals surface area (Å²) in [5, 5.41) is 9.12. The summed E-state index contributed by atoms with van der Waals surface area (Å²) in [6.45, 7) is 0. The summed E-state index contributed by atoms with van der Waals surface area (Å²) >= 11 is 0. The molecule has 0 aliphatic carbocycles. The molecule has 2 N–H and O–H groups in total. The van der Waals surface area contributed by atoms with Crippen LogP contribution in [-0.2, 0) is 6.18 Å². The molecule has 1 aromatic heterocycles. The lowest BCUT2D eigenvalue weighted by Crippen LogP contribution is -2.05. The van der Waals surface area contributed by atoms with Crippen LogP contribution < -0.4 is 5.73 Å². The molecule has 0 saturated heterocycles. The molecule has 0 bridgehead atoms. The Kier molecular flexibility index (Phi) is 3.01. The Hall–Kier alpha value is -2.63. The predicted octanol–water partition coefficient (Wildman–Crippen LogP) is 3.90. The average Bonchev–Trinajstić information content (AvgIpc) is 2.47. The number of hydrogen-bond acceptors (Lipinski definition) is 3. The zero-order valence-electron chi connectivity index (χ0n) is 10.7. The molecule has 1 heterocycles. The standard InChI is InChI=1S/C15H10F3N3/c16-15(17,18)10-5-3-4-9(8-10)13-11-6-1-2-7-12(11)14(19)21-20-13/h1-8H,(H2,19,21). The van der Waals surface area contributed by atoms with Gasteiger partial charge in [-0.25, -0.2) is 0 Å². The van der Waals surface area contributed by atoms with Crippen molar-refractivity contribution in [1.29, 1.82) is 0 Å². The van der Waals surface area contributed by atoms with Gasteiger partial charge in [0.15, 0.2) is 5.82 Å². The smallest absolute Gasteiger partial charge is 0.382 e. The minimum atomic E-state index is -4.40. The van der Waals surface area contributed by atoms with Crippen LogP contribution in [0.5, 0.6) is 0 Å². The van der Waals surface area contributed by atoms with Gasteiger partial charge in [-0.3, -0.25) is 0 Å². The highest BCUT2D eigenvalue weighted by atomic mass is 19.4. The summed E-state index contributed by atoms with van der Waals surface area (Å²) in [6.07, 6.45) is -4.40. The number of rotatable bonds is 1. The molecule has 2 aromatic carbocycles. The van der Waals surface area contributed by atoms with E-state index >= 15 is 0 Å². The van der Waals surface area contributed by atoms with E-state index in [1.54, 1.807) is 30.3 Å². The van der Waals surface area contributed by atoms with Crippen LogP contribution in [0, 0.1) is 0 Å². The summed E-state index contributed by atoms with van der Waals surface area (Å²) in [7, 11) is 0. The molecule has 0 atom stereocenters. The monoisotopic (exact) mass is 289 g/mol. The minimum Gasteiger partial charge on any atom is -0.382 e. The lowest BCUT2D eigenvalue weighted by molar-refractivity contribution is -0.137. The zero-order valence-corrected chi connectivity index (χ0v) is 10.7. The van der Waals surface area contributed by atoms with E-state index in [1.165, 1.54) is 6.07 Å². The van der Waals surface area contributed by atoms with Crippen molar-refractivity contribution in [2.75, 3.05) is 5.73 Å². The molecule has 0 amide bonds. The lowest BCUT2D eigenvalue weighted by atomic mass is 10.0. The topological polar surface area (TPSA) is 51.8 Å². The van der Waals surface area contributed by atoms with E-state index in [1.807, 2.05) is 0 Å². The van der Waals surface area contributed by atoms with Crippen LogP contribution in [0.1, 0.15) is 5.56 Å². The van der Waals surface area contributed by atoms with Crippen LogP contribution in [0.4, 0.5) is 19.0 Å². The summed E-state index contributed by atoms with van der Waals surface area (Å²) < 4.78 is 38.4. The van der Waals surface area contributed by atoms with Gasteiger partial charge in [0.25, 0.3) is 0 Å². The Labute approximate surface area is 118 Å². The first-order valence-corrected chi connectivity index (χ1v) is 6.15. The minimum absolute atomic E-state index is 0.251. The second-order valence-corrected chi connectivity index (χ2v) is 4.56. The normalized spacial score (nSPS) is 11.8. The molecule has 0 unspecified atom stereocenters. The van der Waals surface area contributed by atoms with Crippen molar-refractivity contribution in [1.82, 2.24) is 10.2 Å². The van der Waals surface area contributed by atoms with Gasteiger partial charge in [-0.15, -0.1) is 10.2 Å². The van der Waals surface area contributed by atoms with E-state index in [0.717, 1.165) is 12.1 Å². The molecule has 3 nitrogen and oxygen atoms in total. The SMILES string of the molecule is Nc1nnc(-c2cccc(C(F)(F)F)c2)c2ccccc12. The summed E-state index contributed by atoms with van der Waals surface area (Å²) in [4.78, 5) is 0. The number of halogens is 3. The first-order chi connectivity index (χ1) is 9.97. The molecule has 21 heavy (non-hydrogen) atoms. The van der Waals surface area contributed by atoms with Crippen LogP contribution in [0.3, 0.4) is 0 Å². The fourth-order valence-corrected chi connectivity index (χ4v) is 2.18. The number of alkyl halides is 3. The fourth-order valence-electron chi connectivity index (χ4n) is 2.18. The van der Waals surface area contributed by atoms with Gasteiger partial charge in [-0.2, -0.15) is 13.2 Å². The van der Waals surface area contributed by atoms with Gasteiger partial charge >= 0.3 is 6.18 Å². The fraction of sp³-hybridized carbons (Fsp3) is 0.0667. The highest BCUT2D eigenvalue weighted by Gasteiger charge is 2.30. The van der Waals surface area contributed by atoms with Gasteiger partial charge in [0.05, 0.1) is 5.56 Å². The number of nitrogen functional groups attached to an aromatic ring is 1. The second-order valence-electron chi connectivity index (χ2n) is 4.56. The third kappa shape index (κ3) is 2.40. The highest BCUT2D eigenvalue weighted by Crippen LogP contribution is 2.34. The maximum atomic E-state index is 12.8. The first-order valence-electron chi connectivity index (χ1n) is 6.15. The maximum absolute atomic E-state index is 12.8. The highest BCUT2D eigenvalue weighted by molar-refractivity contribution is 5.99. The molecule has 6 heteroatoms. The molecule has 3 rings (SSSR count). The third-order valence-electron chi connectivity index (χ3n) is 3.18. The molecule has 3 aromatic rings. The Balaban J connectivity index is 2.24. The molecule has 106 valence electrons. The van der Waals surface area contributed by atoms with Crippen molar-refractivity contribution >= 4 is 16.6 Å². The number of benzene rings is 2. The van der Waals surface area contributed by atoms with Crippen molar-refractivity contribution in [2.45, 2.75) is 6.18 Å². The Morgan fingerprint density at radius 2 is 1.57 bits per heavy atom. The van der Waals surface area contributed by atoms with Crippen molar-refractivity contribution in [2.24, 2.45) is 0 Å². The van der Waals surface area contributed by atoms with Crippen LogP contribution in [-0.4, -0.2) is 10.2 Å². The maximum Gasteiger partial charge on any atom is 0.416 e. The quantitative estimate of drug-likeness (QED) is 0.739. The Morgan fingerprint density at radius 3 is 2.29 bits per heavy atom. The average molecular weight is 289 g/mol. The predicted molar refractivity (Wildman–Crippen MR) is 74.4 cm³/mol. The third-order valence-corrected chi connectivity index (χ3v) is 3.18. The number of fused-ring (bicyclic) bond motifs is 1. The van der Waals surface area contributed by atoms with E-state index in [-0.39, 0.29) is 5.82 Å². The molecular formula is C15H10F3N3. The molecule has 0 saturated carbocycles. The second kappa shape index (κ2) is 4.73. The summed E-state index contributed by atoms with van der Waals surface area (Å²) in [5.74, 6) is 0.251. The zero-order chi connectivity index (χ0) is 15.0. The van der Waals surface area contributed by atoms with E-state index < -0.39 is 11.7 Å². The van der Waals surface area contributed by atoms with E-state index in [2.05, 4.69) is 10.2 Å². The molecule has 0 aliphatic rings. The van der Waals surface area contributed by atoms with Crippen LogP contribution in [0.15, 0.2) is 48.5 Å². The van der Waals surface area contributed by atoms with Gasteiger partial charge in [-0.05, 0) is 12.1 Å². The first kappa shape index (κ1) is 13.4. The van der Waals surface area contributed by atoms with E-state index in [4.69, 9.17) is 5.73 Å².